The van der Waals surface area contributed by atoms with Gasteiger partial charge in [0.05, 0.1) is 0 Å². The molecule has 0 N–H and O–H groups in total. The first-order valence-electron chi connectivity index (χ1n) is 4.43. The van der Waals surface area contributed by atoms with Crippen LogP contribution in [0.4, 0.5) is 4.39 Å². The summed E-state index contributed by atoms with van der Waals surface area (Å²) in [5.74, 6) is 0. The lowest BCUT2D eigenvalue weighted by Crippen LogP contribution is -2.12. The average molecular weight is 201 g/mol. The van der Waals surface area contributed by atoms with Crippen LogP contribution in [0, 0.1) is 0 Å². The van der Waals surface area contributed by atoms with Crippen LogP contribution in [0.2, 0.25) is 5.02 Å². The maximum Gasteiger partial charge on any atom is 0.130 e. The molecule has 0 aliphatic heterocycles. The smallest absolute Gasteiger partial charge is 0.130 e. The first-order valence-corrected chi connectivity index (χ1v) is 4.81. The van der Waals surface area contributed by atoms with Crippen molar-refractivity contribution in [2.24, 2.45) is 0 Å². The highest BCUT2D eigenvalue weighted by Gasteiger charge is 2.22. The third-order valence-electron chi connectivity index (χ3n) is 2.11. The Kier molecular flexibility index (Phi) is 2.97. The molecule has 0 nitrogen and oxygen atoms in total. The van der Waals surface area contributed by atoms with Crippen molar-refractivity contribution in [3.8, 4) is 0 Å². The SMILES string of the molecule is CCc1c(Cl)cccc1C(C)(C)F. The van der Waals surface area contributed by atoms with Crippen LogP contribution in [0.25, 0.3) is 0 Å². The largest absolute Gasteiger partial charge is 0.239 e. The molecule has 0 aromatic heterocycles. The van der Waals surface area contributed by atoms with Crippen LogP contribution in [0.3, 0.4) is 0 Å². The molecule has 0 bridgehead atoms. The van der Waals surface area contributed by atoms with E-state index in [1.165, 1.54) is 0 Å². The van der Waals surface area contributed by atoms with Gasteiger partial charge in [-0.25, -0.2) is 4.39 Å². The topological polar surface area (TPSA) is 0 Å². The van der Waals surface area contributed by atoms with E-state index in [1.807, 2.05) is 6.92 Å². The van der Waals surface area contributed by atoms with Gasteiger partial charge in [-0.1, -0.05) is 30.7 Å². The fourth-order valence-corrected chi connectivity index (χ4v) is 1.78. The molecule has 0 radical (unpaired) electrons. The van der Waals surface area contributed by atoms with Crippen molar-refractivity contribution in [2.45, 2.75) is 32.9 Å². The Balaban J connectivity index is 3.29. The van der Waals surface area contributed by atoms with E-state index in [0.29, 0.717) is 10.6 Å². The third-order valence-corrected chi connectivity index (χ3v) is 2.47. The Hall–Kier alpha value is -0.560. The van der Waals surface area contributed by atoms with Crippen LogP contribution in [0.5, 0.6) is 0 Å². The Bertz CT molecular complexity index is 299. The molecule has 0 saturated carbocycles. The molecule has 1 rings (SSSR count). The quantitative estimate of drug-likeness (QED) is 0.674. The molecule has 0 heterocycles. The summed E-state index contributed by atoms with van der Waals surface area (Å²) in [6.45, 7) is 5.09. The molecule has 0 fully saturated rings. The first kappa shape index (κ1) is 10.5. The third kappa shape index (κ3) is 2.22. The van der Waals surface area contributed by atoms with Crippen molar-refractivity contribution in [2.75, 3.05) is 0 Å². The van der Waals surface area contributed by atoms with E-state index in [4.69, 9.17) is 11.6 Å². The molecular weight excluding hydrogens is 187 g/mol. The van der Waals surface area contributed by atoms with Crippen LogP contribution in [0.1, 0.15) is 31.9 Å². The van der Waals surface area contributed by atoms with Gasteiger partial charge in [-0.3, -0.25) is 0 Å². The normalized spacial score (nSPS) is 11.8. The van der Waals surface area contributed by atoms with Crippen LogP contribution < -0.4 is 0 Å². The molecule has 0 saturated heterocycles. The number of rotatable bonds is 2. The second kappa shape index (κ2) is 3.67. The van der Waals surface area contributed by atoms with Gasteiger partial charge in [0.25, 0.3) is 0 Å². The molecule has 0 amide bonds. The lowest BCUT2D eigenvalue weighted by molar-refractivity contribution is 0.220. The van der Waals surface area contributed by atoms with Crippen LogP contribution in [-0.4, -0.2) is 0 Å². The molecule has 72 valence electrons. The Morgan fingerprint density at radius 1 is 1.38 bits per heavy atom. The van der Waals surface area contributed by atoms with Gasteiger partial charge in [-0.05, 0) is 37.5 Å². The van der Waals surface area contributed by atoms with Crippen molar-refractivity contribution in [1.29, 1.82) is 0 Å². The molecule has 0 aliphatic carbocycles. The molecule has 0 aliphatic rings. The highest BCUT2D eigenvalue weighted by molar-refractivity contribution is 6.31. The van der Waals surface area contributed by atoms with E-state index >= 15 is 0 Å². The zero-order valence-electron chi connectivity index (χ0n) is 8.20. The molecular formula is C11H14ClF. The summed E-state index contributed by atoms with van der Waals surface area (Å²) >= 11 is 5.97. The van der Waals surface area contributed by atoms with Crippen LogP contribution in [-0.2, 0) is 12.1 Å². The maximum absolute atomic E-state index is 13.7. The van der Waals surface area contributed by atoms with Gasteiger partial charge in [0.15, 0.2) is 0 Å². The summed E-state index contributed by atoms with van der Waals surface area (Å²) in [4.78, 5) is 0. The van der Waals surface area contributed by atoms with Gasteiger partial charge >= 0.3 is 0 Å². The zero-order chi connectivity index (χ0) is 10.1. The lowest BCUT2D eigenvalue weighted by atomic mass is 9.93. The minimum atomic E-state index is -1.31. The van der Waals surface area contributed by atoms with Crippen molar-refractivity contribution in [3.05, 3.63) is 34.3 Å². The van der Waals surface area contributed by atoms with E-state index in [1.54, 1.807) is 32.0 Å². The van der Waals surface area contributed by atoms with E-state index in [-0.39, 0.29) is 0 Å². The molecule has 1 aromatic rings. The molecule has 0 spiro atoms. The Morgan fingerprint density at radius 2 is 2.00 bits per heavy atom. The number of halogens is 2. The van der Waals surface area contributed by atoms with Gasteiger partial charge in [0.2, 0.25) is 0 Å². The average Bonchev–Trinajstić information content (AvgIpc) is 2.02. The number of hydrogen-bond donors (Lipinski definition) is 0. The van der Waals surface area contributed by atoms with Crippen molar-refractivity contribution < 1.29 is 4.39 Å². The summed E-state index contributed by atoms with van der Waals surface area (Å²) in [7, 11) is 0. The highest BCUT2D eigenvalue weighted by atomic mass is 35.5. The van der Waals surface area contributed by atoms with Crippen LogP contribution in [0.15, 0.2) is 18.2 Å². The fraction of sp³-hybridized carbons (Fsp3) is 0.455. The van der Waals surface area contributed by atoms with Gasteiger partial charge in [-0.2, -0.15) is 0 Å². The first-order chi connectivity index (χ1) is 5.96. The van der Waals surface area contributed by atoms with Gasteiger partial charge in [-0.15, -0.1) is 0 Å². The summed E-state index contributed by atoms with van der Waals surface area (Å²) in [6.07, 6.45) is 0.766. The maximum atomic E-state index is 13.7. The lowest BCUT2D eigenvalue weighted by Gasteiger charge is -2.19. The highest BCUT2D eigenvalue weighted by Crippen LogP contribution is 2.31. The summed E-state index contributed by atoms with van der Waals surface area (Å²) in [6, 6.07) is 5.39. The molecule has 13 heavy (non-hydrogen) atoms. The minimum absolute atomic E-state index is 0.658. The van der Waals surface area contributed by atoms with E-state index < -0.39 is 5.67 Å². The monoisotopic (exact) mass is 200 g/mol. The predicted octanol–water partition coefficient (Wildman–Crippen LogP) is 4.11. The molecule has 1 aromatic carbocycles. The fourth-order valence-electron chi connectivity index (χ4n) is 1.47. The summed E-state index contributed by atoms with van der Waals surface area (Å²) < 4.78 is 13.7. The zero-order valence-corrected chi connectivity index (χ0v) is 8.95. The van der Waals surface area contributed by atoms with Gasteiger partial charge in [0, 0.05) is 5.02 Å². The van der Waals surface area contributed by atoms with E-state index in [2.05, 4.69) is 0 Å². The van der Waals surface area contributed by atoms with Gasteiger partial charge in [0.1, 0.15) is 5.67 Å². The second-order valence-corrected chi connectivity index (χ2v) is 4.00. The second-order valence-electron chi connectivity index (χ2n) is 3.59. The van der Waals surface area contributed by atoms with Gasteiger partial charge < -0.3 is 0 Å². The van der Waals surface area contributed by atoms with E-state index in [9.17, 15) is 4.39 Å². The van der Waals surface area contributed by atoms with Crippen molar-refractivity contribution in [3.63, 3.8) is 0 Å². The summed E-state index contributed by atoms with van der Waals surface area (Å²) in [5.41, 5.74) is 0.301. The number of hydrogen-bond acceptors (Lipinski definition) is 0. The number of alkyl halides is 1. The predicted molar refractivity (Wildman–Crippen MR) is 55.0 cm³/mol. The van der Waals surface area contributed by atoms with Crippen LogP contribution >= 0.6 is 11.6 Å². The summed E-state index contributed by atoms with van der Waals surface area (Å²) in [5, 5.41) is 0.658. The standard InChI is InChI=1S/C11H14ClF/c1-4-8-9(11(2,3)13)6-5-7-10(8)12/h5-7H,4H2,1-3H3. The molecule has 0 unspecified atom stereocenters. The van der Waals surface area contributed by atoms with Crippen molar-refractivity contribution in [1.82, 2.24) is 0 Å². The molecule has 0 atom stereocenters. The van der Waals surface area contributed by atoms with Crippen molar-refractivity contribution >= 4 is 11.6 Å². The minimum Gasteiger partial charge on any atom is -0.239 e. The Labute approximate surface area is 83.7 Å². The number of benzene rings is 1. The molecule has 2 heteroatoms. The Morgan fingerprint density at radius 3 is 2.38 bits per heavy atom. The van der Waals surface area contributed by atoms with E-state index in [0.717, 1.165) is 12.0 Å².